The molecule has 1 unspecified atom stereocenters. The van der Waals surface area contributed by atoms with Gasteiger partial charge in [-0.1, -0.05) is 34.4 Å². The van der Waals surface area contributed by atoms with E-state index in [1.54, 1.807) is 29.2 Å². The fraction of sp³-hybridized carbons (Fsp3) is 0.375. The van der Waals surface area contributed by atoms with Gasteiger partial charge in [-0.05, 0) is 25.0 Å². The summed E-state index contributed by atoms with van der Waals surface area (Å²) >= 11 is 12.1. The highest BCUT2D eigenvalue weighted by Crippen LogP contribution is 2.32. The first-order valence-corrected chi connectivity index (χ1v) is 8.37. The Morgan fingerprint density at radius 3 is 2.80 bits per heavy atom. The van der Waals surface area contributed by atoms with Crippen molar-refractivity contribution >= 4 is 41.5 Å². The van der Waals surface area contributed by atoms with Gasteiger partial charge in [0.1, 0.15) is 6.61 Å². The summed E-state index contributed by atoms with van der Waals surface area (Å²) < 4.78 is 10.7. The van der Waals surface area contributed by atoms with Crippen molar-refractivity contribution in [2.75, 3.05) is 13.1 Å². The van der Waals surface area contributed by atoms with E-state index in [0.717, 1.165) is 12.8 Å². The van der Waals surface area contributed by atoms with Gasteiger partial charge in [0.05, 0.1) is 10.0 Å². The van der Waals surface area contributed by atoms with Gasteiger partial charge in [0.25, 0.3) is 5.91 Å². The van der Waals surface area contributed by atoms with Gasteiger partial charge in [-0.3, -0.25) is 4.79 Å². The predicted molar refractivity (Wildman–Crippen MR) is 97.7 cm³/mol. The summed E-state index contributed by atoms with van der Waals surface area (Å²) in [5, 5.41) is 4.63. The monoisotopic (exact) mass is 405 g/mol. The van der Waals surface area contributed by atoms with Gasteiger partial charge in [-0.15, -0.1) is 12.4 Å². The van der Waals surface area contributed by atoms with Gasteiger partial charge < -0.3 is 19.9 Å². The van der Waals surface area contributed by atoms with Crippen LogP contribution in [0.2, 0.25) is 10.0 Å². The van der Waals surface area contributed by atoms with Gasteiger partial charge >= 0.3 is 0 Å². The Kier molecular flexibility index (Phi) is 6.95. The van der Waals surface area contributed by atoms with E-state index in [4.69, 9.17) is 38.2 Å². The van der Waals surface area contributed by atoms with Gasteiger partial charge in [-0.2, -0.15) is 0 Å². The first-order chi connectivity index (χ1) is 11.5. The largest absolute Gasteiger partial charge is 0.482 e. The molecule has 2 heterocycles. The summed E-state index contributed by atoms with van der Waals surface area (Å²) in [5.74, 6) is 0.596. The van der Waals surface area contributed by atoms with Gasteiger partial charge in [0.15, 0.2) is 17.2 Å². The Balaban J connectivity index is 0.00000225. The highest BCUT2D eigenvalue weighted by molar-refractivity contribution is 6.37. The molecule has 1 amide bonds. The fourth-order valence-electron chi connectivity index (χ4n) is 2.60. The number of carbonyl (C=O) groups excluding carboxylic acids is 1. The molecule has 1 atom stereocenters. The molecule has 6 nitrogen and oxygen atoms in total. The lowest BCUT2D eigenvalue weighted by atomic mass is 10.1. The highest BCUT2D eigenvalue weighted by Gasteiger charge is 2.25. The molecular weight excluding hydrogens is 389 g/mol. The molecule has 0 bridgehead atoms. The van der Waals surface area contributed by atoms with E-state index < -0.39 is 0 Å². The molecule has 0 aliphatic carbocycles. The van der Waals surface area contributed by atoms with Crippen molar-refractivity contribution in [1.82, 2.24) is 10.1 Å². The lowest BCUT2D eigenvalue weighted by Gasteiger charge is -2.29. The lowest BCUT2D eigenvalue weighted by molar-refractivity contribution is 0.0698. The van der Waals surface area contributed by atoms with Crippen LogP contribution in [-0.2, 0) is 6.61 Å². The molecule has 3 rings (SSSR count). The Morgan fingerprint density at radius 1 is 1.40 bits per heavy atom. The minimum absolute atomic E-state index is 0. The fourth-order valence-corrected chi connectivity index (χ4v) is 3.11. The molecule has 1 saturated heterocycles. The number of hydrogen-bond donors (Lipinski definition) is 1. The zero-order valence-electron chi connectivity index (χ0n) is 13.3. The number of para-hydroxylation sites is 1. The number of likely N-dealkylation sites (tertiary alicyclic amines) is 1. The Labute approximate surface area is 161 Å². The molecule has 1 aromatic heterocycles. The lowest BCUT2D eigenvalue weighted by Crippen LogP contribution is -2.45. The summed E-state index contributed by atoms with van der Waals surface area (Å²) in [4.78, 5) is 14.1. The number of piperidine rings is 1. The number of amides is 1. The average molecular weight is 407 g/mol. The van der Waals surface area contributed by atoms with Crippen molar-refractivity contribution in [2.24, 2.45) is 5.73 Å². The number of ether oxygens (including phenoxy) is 1. The Bertz CT molecular complexity index is 718. The number of nitrogens with two attached hydrogens (primary N) is 1. The average Bonchev–Trinajstić information content (AvgIpc) is 3.02. The number of benzene rings is 1. The van der Waals surface area contributed by atoms with Crippen LogP contribution in [-0.4, -0.2) is 35.1 Å². The summed E-state index contributed by atoms with van der Waals surface area (Å²) in [6, 6.07) is 6.66. The van der Waals surface area contributed by atoms with Crippen molar-refractivity contribution in [2.45, 2.75) is 25.5 Å². The number of aromatic nitrogens is 1. The number of carbonyl (C=O) groups is 1. The summed E-state index contributed by atoms with van der Waals surface area (Å²) in [7, 11) is 0. The molecule has 0 spiro atoms. The third kappa shape index (κ3) is 4.79. The third-order valence-electron chi connectivity index (χ3n) is 3.80. The normalized spacial score (nSPS) is 17.1. The second-order valence-electron chi connectivity index (χ2n) is 5.67. The zero-order chi connectivity index (χ0) is 17.1. The number of halogens is 3. The van der Waals surface area contributed by atoms with E-state index in [2.05, 4.69) is 5.16 Å². The molecule has 1 aliphatic rings. The Hall–Kier alpha value is -1.47. The maximum atomic E-state index is 12.4. The van der Waals surface area contributed by atoms with Crippen molar-refractivity contribution in [3.8, 4) is 5.75 Å². The van der Waals surface area contributed by atoms with Gasteiger partial charge in [0.2, 0.25) is 0 Å². The molecule has 136 valence electrons. The van der Waals surface area contributed by atoms with Crippen molar-refractivity contribution in [1.29, 1.82) is 0 Å². The molecule has 1 fully saturated rings. The van der Waals surface area contributed by atoms with E-state index in [1.807, 2.05) is 0 Å². The minimum Gasteiger partial charge on any atom is -0.482 e. The maximum Gasteiger partial charge on any atom is 0.276 e. The molecule has 1 aliphatic heterocycles. The number of rotatable bonds is 4. The van der Waals surface area contributed by atoms with Crippen LogP contribution in [0.15, 0.2) is 28.8 Å². The van der Waals surface area contributed by atoms with Gasteiger partial charge in [0, 0.05) is 25.2 Å². The van der Waals surface area contributed by atoms with Crippen LogP contribution in [0.25, 0.3) is 0 Å². The first kappa shape index (κ1) is 19.8. The van der Waals surface area contributed by atoms with Crippen LogP contribution >= 0.6 is 35.6 Å². The van der Waals surface area contributed by atoms with Crippen molar-refractivity contribution in [3.63, 3.8) is 0 Å². The molecule has 25 heavy (non-hydrogen) atoms. The smallest absolute Gasteiger partial charge is 0.276 e. The topological polar surface area (TPSA) is 81.6 Å². The van der Waals surface area contributed by atoms with E-state index in [1.165, 1.54) is 0 Å². The van der Waals surface area contributed by atoms with Crippen LogP contribution in [0.5, 0.6) is 5.75 Å². The van der Waals surface area contributed by atoms with Crippen LogP contribution in [0.1, 0.15) is 29.1 Å². The van der Waals surface area contributed by atoms with E-state index in [-0.39, 0.29) is 36.7 Å². The van der Waals surface area contributed by atoms with Crippen LogP contribution in [0.3, 0.4) is 0 Å². The van der Waals surface area contributed by atoms with E-state index in [0.29, 0.717) is 34.6 Å². The second-order valence-corrected chi connectivity index (χ2v) is 6.49. The third-order valence-corrected chi connectivity index (χ3v) is 4.40. The number of hydrogen-bond acceptors (Lipinski definition) is 5. The van der Waals surface area contributed by atoms with E-state index in [9.17, 15) is 4.79 Å². The highest BCUT2D eigenvalue weighted by atomic mass is 35.5. The predicted octanol–water partition coefficient (Wildman–Crippen LogP) is 3.55. The molecule has 1 aromatic carbocycles. The molecule has 0 saturated carbocycles. The summed E-state index contributed by atoms with van der Waals surface area (Å²) in [5.41, 5.74) is 6.15. The Morgan fingerprint density at radius 2 is 2.12 bits per heavy atom. The van der Waals surface area contributed by atoms with E-state index >= 15 is 0 Å². The standard InChI is InChI=1S/C16H17Cl2N3O3.ClH/c17-12-4-1-5-13(18)15(12)23-9-11-7-14(20-24-11)16(22)21-6-2-3-10(19)8-21;/h1,4-5,7,10H,2-3,6,8-9,19H2;1H. The van der Waals surface area contributed by atoms with Gasteiger partial charge in [-0.25, -0.2) is 0 Å². The van der Waals surface area contributed by atoms with Crippen molar-refractivity contribution < 1.29 is 14.1 Å². The van der Waals surface area contributed by atoms with Crippen LogP contribution < -0.4 is 10.5 Å². The summed E-state index contributed by atoms with van der Waals surface area (Å²) in [6.45, 7) is 1.29. The minimum atomic E-state index is -0.184. The molecule has 0 radical (unpaired) electrons. The van der Waals surface area contributed by atoms with Crippen LogP contribution in [0, 0.1) is 0 Å². The quantitative estimate of drug-likeness (QED) is 0.840. The summed E-state index contributed by atoms with van der Waals surface area (Å²) in [6.07, 6.45) is 1.83. The van der Waals surface area contributed by atoms with Crippen molar-refractivity contribution in [3.05, 3.63) is 45.8 Å². The SMILES string of the molecule is Cl.NC1CCCN(C(=O)c2cc(COc3c(Cl)cccc3Cl)on2)C1. The first-order valence-electron chi connectivity index (χ1n) is 7.62. The van der Waals surface area contributed by atoms with Crippen LogP contribution in [0.4, 0.5) is 0 Å². The molecular formula is C16H18Cl3N3O3. The number of nitrogens with zero attached hydrogens (tertiary/aromatic N) is 2. The maximum absolute atomic E-state index is 12.4. The second kappa shape index (κ2) is 8.76. The zero-order valence-corrected chi connectivity index (χ0v) is 15.6. The molecule has 2 N–H and O–H groups in total. The molecule has 9 heteroatoms. The molecule has 2 aromatic rings.